The molecule has 4 heterocycles. The van der Waals surface area contributed by atoms with Crippen molar-refractivity contribution in [1.29, 1.82) is 0 Å². The summed E-state index contributed by atoms with van der Waals surface area (Å²) < 4.78 is 1.15. The summed E-state index contributed by atoms with van der Waals surface area (Å²) in [6.07, 6.45) is 3.86. The van der Waals surface area contributed by atoms with Gasteiger partial charge < -0.3 is 15.1 Å². The Bertz CT molecular complexity index is 1560. The number of benzene rings is 2. The third-order valence-electron chi connectivity index (χ3n) is 6.97. The molecule has 1 aliphatic heterocycles. The normalized spacial score (nSPS) is 15.1. The van der Waals surface area contributed by atoms with E-state index in [1.54, 1.807) is 11.3 Å². The summed E-state index contributed by atoms with van der Waals surface area (Å²) in [4.78, 5) is 27.6. The number of aryl methyl sites for hydroxylation is 1. The van der Waals surface area contributed by atoms with E-state index in [0.29, 0.717) is 0 Å². The highest BCUT2D eigenvalue weighted by molar-refractivity contribution is 7.16. The molecule has 3 aromatic heterocycles. The Morgan fingerprint density at radius 1 is 0.868 bits per heavy atom. The zero-order valence-electron chi connectivity index (χ0n) is 21.8. The minimum absolute atomic E-state index is 0.0478. The molecule has 0 saturated carbocycles. The molecule has 0 radical (unpaired) electrons. The molecule has 1 N–H and O–H groups in total. The van der Waals surface area contributed by atoms with E-state index in [4.69, 9.17) is 0 Å². The summed E-state index contributed by atoms with van der Waals surface area (Å²) >= 11 is 1.64. The monoisotopic (exact) mass is 522 g/mol. The van der Waals surface area contributed by atoms with Crippen LogP contribution in [0.1, 0.15) is 24.4 Å². The number of anilines is 2. The molecule has 1 aliphatic rings. The Morgan fingerprint density at radius 3 is 2.50 bits per heavy atom. The smallest absolute Gasteiger partial charge is 0.225 e. The van der Waals surface area contributed by atoms with Gasteiger partial charge in [-0.3, -0.25) is 0 Å². The molecule has 0 unspecified atom stereocenters. The van der Waals surface area contributed by atoms with Crippen molar-refractivity contribution in [2.45, 2.75) is 19.9 Å². The number of aromatic nitrogens is 5. The number of likely N-dealkylation sites (N-methyl/N-ethyl adjacent to an activating group) is 1. The van der Waals surface area contributed by atoms with Crippen LogP contribution in [0.4, 0.5) is 11.8 Å². The average Bonchev–Trinajstić information content (AvgIpc) is 3.41. The topological polar surface area (TPSA) is 83.0 Å². The van der Waals surface area contributed by atoms with Gasteiger partial charge in [0.25, 0.3) is 0 Å². The molecular weight excluding hydrogens is 492 g/mol. The molecule has 192 valence electrons. The molecule has 1 saturated heterocycles. The van der Waals surface area contributed by atoms with Crippen LogP contribution in [-0.2, 0) is 0 Å². The Hall–Kier alpha value is -3.95. The average molecular weight is 523 g/mol. The van der Waals surface area contributed by atoms with Crippen LogP contribution in [0.25, 0.3) is 32.6 Å². The maximum atomic E-state index is 4.69. The molecule has 9 heteroatoms. The van der Waals surface area contributed by atoms with Crippen molar-refractivity contribution in [1.82, 2.24) is 29.8 Å². The molecule has 0 bridgehead atoms. The van der Waals surface area contributed by atoms with Gasteiger partial charge in [-0.2, -0.15) is 0 Å². The van der Waals surface area contributed by atoms with E-state index in [9.17, 15) is 0 Å². The highest BCUT2D eigenvalue weighted by Crippen LogP contribution is 2.29. The van der Waals surface area contributed by atoms with Crippen molar-refractivity contribution in [3.8, 4) is 22.4 Å². The maximum Gasteiger partial charge on any atom is 0.225 e. The molecule has 8 nitrogen and oxygen atoms in total. The fourth-order valence-electron chi connectivity index (χ4n) is 4.74. The van der Waals surface area contributed by atoms with Crippen LogP contribution in [0.2, 0.25) is 0 Å². The quantitative estimate of drug-likeness (QED) is 0.316. The van der Waals surface area contributed by atoms with Crippen LogP contribution >= 0.6 is 11.3 Å². The summed E-state index contributed by atoms with van der Waals surface area (Å²) in [5.41, 5.74) is 8.11. The van der Waals surface area contributed by atoms with Crippen LogP contribution < -0.4 is 10.2 Å². The van der Waals surface area contributed by atoms with E-state index in [0.717, 1.165) is 81.9 Å². The van der Waals surface area contributed by atoms with Gasteiger partial charge in [-0.1, -0.05) is 24.3 Å². The first-order valence-corrected chi connectivity index (χ1v) is 13.7. The molecule has 1 atom stereocenters. The lowest BCUT2D eigenvalue weighted by molar-refractivity contribution is 0.311. The zero-order chi connectivity index (χ0) is 26.1. The zero-order valence-corrected chi connectivity index (χ0v) is 22.6. The summed E-state index contributed by atoms with van der Waals surface area (Å²) in [6, 6.07) is 16.8. The summed E-state index contributed by atoms with van der Waals surface area (Å²) in [5, 5.41) is 3.57. The third kappa shape index (κ3) is 5.20. The molecule has 38 heavy (non-hydrogen) atoms. The van der Waals surface area contributed by atoms with Crippen molar-refractivity contribution in [3.05, 3.63) is 77.8 Å². The van der Waals surface area contributed by atoms with E-state index in [-0.39, 0.29) is 6.04 Å². The number of hydrogen-bond donors (Lipinski definition) is 1. The highest BCUT2D eigenvalue weighted by atomic mass is 32.1. The molecular formula is C29H30N8S. The van der Waals surface area contributed by atoms with Gasteiger partial charge in [0.05, 0.1) is 21.4 Å². The van der Waals surface area contributed by atoms with Gasteiger partial charge in [-0.15, -0.1) is 11.3 Å². The van der Waals surface area contributed by atoms with Gasteiger partial charge in [0.1, 0.15) is 11.6 Å². The molecule has 1 fully saturated rings. The third-order valence-corrected chi connectivity index (χ3v) is 7.77. The number of thiazole rings is 1. The molecule has 0 amide bonds. The van der Waals surface area contributed by atoms with Crippen molar-refractivity contribution < 1.29 is 0 Å². The predicted molar refractivity (Wildman–Crippen MR) is 155 cm³/mol. The summed E-state index contributed by atoms with van der Waals surface area (Å²) in [7, 11) is 2.15. The Morgan fingerprint density at radius 2 is 1.68 bits per heavy atom. The predicted octanol–water partition coefficient (Wildman–Crippen LogP) is 5.44. The van der Waals surface area contributed by atoms with E-state index in [1.807, 2.05) is 37.0 Å². The van der Waals surface area contributed by atoms with Crippen LogP contribution in [0.3, 0.4) is 0 Å². The number of nitrogens with zero attached hydrogens (tertiary/aromatic N) is 7. The molecule has 5 aromatic rings. The molecule has 6 rings (SSSR count). The number of nitrogens with one attached hydrogen (secondary N) is 1. The Balaban J connectivity index is 1.19. The number of hydrogen-bond acceptors (Lipinski definition) is 9. The van der Waals surface area contributed by atoms with E-state index in [2.05, 4.69) is 90.4 Å². The second kappa shape index (κ2) is 10.4. The van der Waals surface area contributed by atoms with E-state index < -0.39 is 0 Å². The fraction of sp³-hybridized carbons (Fsp3) is 0.276. The minimum atomic E-state index is 0.0478. The maximum absolute atomic E-state index is 4.69. The highest BCUT2D eigenvalue weighted by Gasteiger charge is 2.17. The van der Waals surface area contributed by atoms with Gasteiger partial charge in [0.2, 0.25) is 5.95 Å². The van der Waals surface area contributed by atoms with Gasteiger partial charge in [0.15, 0.2) is 0 Å². The first-order chi connectivity index (χ1) is 18.5. The van der Waals surface area contributed by atoms with Crippen molar-refractivity contribution in [2.24, 2.45) is 0 Å². The van der Waals surface area contributed by atoms with Crippen molar-refractivity contribution in [2.75, 3.05) is 43.4 Å². The Kier molecular flexibility index (Phi) is 6.70. The molecule has 2 aromatic carbocycles. The second-order valence-corrected chi connectivity index (χ2v) is 10.7. The van der Waals surface area contributed by atoms with Gasteiger partial charge >= 0.3 is 0 Å². The fourth-order valence-corrected chi connectivity index (χ4v) is 5.45. The van der Waals surface area contributed by atoms with Crippen molar-refractivity contribution in [3.63, 3.8) is 0 Å². The van der Waals surface area contributed by atoms with Crippen LogP contribution in [0.15, 0.2) is 66.4 Å². The van der Waals surface area contributed by atoms with Crippen molar-refractivity contribution >= 4 is 33.3 Å². The van der Waals surface area contributed by atoms with Crippen LogP contribution in [0, 0.1) is 6.92 Å². The first kappa shape index (κ1) is 24.4. The summed E-state index contributed by atoms with van der Waals surface area (Å²) in [5.74, 6) is 2.33. The first-order valence-electron chi connectivity index (χ1n) is 12.8. The van der Waals surface area contributed by atoms with Gasteiger partial charge in [0, 0.05) is 61.8 Å². The standard InChI is InChI=1S/C29H30N8S/c1-19(33-28-15-26(34-20(2)35-28)23-7-8-25-27(14-23)38-18-32-25)21-5-4-6-22(13-21)24-16-30-29(31-17-24)37-11-9-36(3)10-12-37/h4-8,13-19H,9-12H2,1-3H3,(H,33,34,35)/t19-/m0/s1. The number of rotatable bonds is 6. The number of fused-ring (bicyclic) bond motifs is 1. The number of piperazine rings is 1. The Labute approximate surface area is 226 Å². The minimum Gasteiger partial charge on any atom is -0.363 e. The van der Waals surface area contributed by atoms with Crippen LogP contribution in [-0.4, -0.2) is 63.0 Å². The SMILES string of the molecule is Cc1nc(N[C@@H](C)c2cccc(-c3cnc(N4CCN(C)CC4)nc3)c2)cc(-c2ccc3ncsc3c2)n1. The van der Waals surface area contributed by atoms with Crippen LogP contribution in [0.5, 0.6) is 0 Å². The van der Waals surface area contributed by atoms with Gasteiger partial charge in [-0.25, -0.2) is 24.9 Å². The lowest BCUT2D eigenvalue weighted by Gasteiger charge is -2.32. The largest absolute Gasteiger partial charge is 0.363 e. The lowest BCUT2D eigenvalue weighted by atomic mass is 10.0. The van der Waals surface area contributed by atoms with Gasteiger partial charge in [-0.05, 0) is 50.2 Å². The summed E-state index contributed by atoms with van der Waals surface area (Å²) in [6.45, 7) is 8.06. The second-order valence-electron chi connectivity index (χ2n) is 9.77. The molecule has 0 aliphatic carbocycles. The van der Waals surface area contributed by atoms with E-state index >= 15 is 0 Å². The van der Waals surface area contributed by atoms with E-state index in [1.165, 1.54) is 0 Å². The molecule has 0 spiro atoms. The lowest BCUT2D eigenvalue weighted by Crippen LogP contribution is -2.45.